The summed E-state index contributed by atoms with van der Waals surface area (Å²) in [6.07, 6.45) is -38.6. The van der Waals surface area contributed by atoms with Crippen LogP contribution in [0, 0.1) is 5.92 Å². The van der Waals surface area contributed by atoms with Gasteiger partial charge in [0.2, 0.25) is 0 Å². The van der Waals surface area contributed by atoms with E-state index in [1.165, 1.54) is 40.7 Å². The van der Waals surface area contributed by atoms with Gasteiger partial charge < -0.3 is 10.2 Å². The van der Waals surface area contributed by atoms with Crippen molar-refractivity contribution in [1.29, 1.82) is 0 Å². The molecule has 0 aromatic carbocycles. The number of Topliss-reactive ketones (excluding diaryl/α,β-unsaturated/α-hetero) is 2. The van der Waals surface area contributed by atoms with Gasteiger partial charge in [0.15, 0.2) is 0 Å². The Balaban J connectivity index is -0.0000000943. The van der Waals surface area contributed by atoms with E-state index >= 15 is 0 Å². The van der Waals surface area contributed by atoms with Crippen molar-refractivity contribution < 1.29 is 125 Å². The van der Waals surface area contributed by atoms with Gasteiger partial charge in [-0.25, -0.2) is 0 Å². The first-order valence-corrected chi connectivity index (χ1v) is 14.4. The van der Waals surface area contributed by atoms with Gasteiger partial charge in [-0.3, -0.25) is 9.59 Å². The maximum absolute atomic E-state index is 12.5. The van der Waals surface area contributed by atoms with Crippen LogP contribution in [0.4, 0.5) is 105 Å². The molecule has 0 radical (unpaired) electrons. The lowest BCUT2D eigenvalue weighted by Crippen LogP contribution is -2.61. The second-order valence-electron chi connectivity index (χ2n) is 10.8. The minimum Gasteiger partial charge on any atom is -0.373 e. The van der Waals surface area contributed by atoms with Gasteiger partial charge in [0.05, 0.1) is 5.57 Å². The molecule has 1 unspecified atom stereocenters. The Morgan fingerprint density at radius 2 is 0.667 bits per heavy atom. The molecule has 2 N–H and O–H groups in total. The van der Waals surface area contributed by atoms with Crippen molar-refractivity contribution in [1.82, 2.24) is 0 Å². The monoisotopic (exact) mass is 948 g/mol. The maximum atomic E-state index is 12.5. The molecule has 0 amide bonds. The summed E-state index contributed by atoms with van der Waals surface area (Å²) in [5, 5.41) is 15.6. The second kappa shape index (κ2) is 27.5. The molecule has 0 spiro atoms. The van der Waals surface area contributed by atoms with E-state index in [2.05, 4.69) is 0 Å². The Morgan fingerprint density at radius 3 is 0.733 bits per heavy atom. The highest BCUT2D eigenvalue weighted by atomic mass is 19.4. The second-order valence-corrected chi connectivity index (χ2v) is 10.8. The molecular formula is C32H44F24O4. The van der Waals surface area contributed by atoms with Gasteiger partial charge in [0, 0.05) is 5.92 Å². The van der Waals surface area contributed by atoms with Gasteiger partial charge in [-0.05, 0) is 67.9 Å². The third-order valence-electron chi connectivity index (χ3n) is 5.90. The standard InChI is InChI=1S/C10H14F6O.C9H13F3.C4H8.2C3F6O.CHF3O.2CH4/c1-5(2)6(3)7(4)8(17,9(11,12)13)10(14,15)16;1-5-7(4)8(6(2)3)9(10,11)12;1-3-4-2;2*4-2(5,6)1(10)3(7,8)9;2-1(3,4)5;;/h7,17H,1-4H3;5H,1-4H3;3-4H,1-2H3;;;5H;2*1H4/b;7-5+;4-3-;;;;;. The number of allylic oxidation sites excluding steroid dienone is 7. The molecule has 28 heteroatoms. The highest BCUT2D eigenvalue weighted by Crippen LogP contribution is 2.49. The van der Waals surface area contributed by atoms with E-state index in [0.29, 0.717) is 18.1 Å². The van der Waals surface area contributed by atoms with Crippen LogP contribution in [-0.2, 0) is 9.59 Å². The molecule has 60 heavy (non-hydrogen) atoms. The molecule has 0 bridgehead atoms. The van der Waals surface area contributed by atoms with E-state index in [-0.39, 0.29) is 26.0 Å². The van der Waals surface area contributed by atoms with Crippen molar-refractivity contribution in [3.05, 3.63) is 46.1 Å². The zero-order valence-corrected chi connectivity index (χ0v) is 31.1. The number of alkyl halides is 24. The molecule has 0 rings (SSSR count). The zero-order valence-electron chi connectivity index (χ0n) is 31.1. The van der Waals surface area contributed by atoms with Crippen LogP contribution in [0.5, 0.6) is 0 Å². The molecule has 0 aromatic heterocycles. The molecule has 1 atom stereocenters. The zero-order chi connectivity index (χ0) is 49.2. The molecule has 4 nitrogen and oxygen atoms in total. The average Bonchev–Trinajstić information content (AvgIpc) is 2.95. The van der Waals surface area contributed by atoms with E-state index in [0.717, 1.165) is 6.92 Å². The summed E-state index contributed by atoms with van der Waals surface area (Å²) < 4.78 is 272. The Labute approximate surface area is 328 Å². The van der Waals surface area contributed by atoms with Gasteiger partial charge in [0.25, 0.3) is 5.60 Å². The number of ketones is 2. The van der Waals surface area contributed by atoms with Crippen LogP contribution in [0.2, 0.25) is 0 Å². The third-order valence-corrected chi connectivity index (χ3v) is 5.90. The van der Waals surface area contributed by atoms with Crippen molar-refractivity contribution in [2.24, 2.45) is 5.92 Å². The molecule has 0 heterocycles. The first-order chi connectivity index (χ1) is 24.8. The molecule has 0 aliphatic rings. The summed E-state index contributed by atoms with van der Waals surface area (Å²) in [5.74, 6) is -9.45. The fraction of sp³-hybridized carbons (Fsp3) is 0.688. The summed E-state index contributed by atoms with van der Waals surface area (Å²) in [4.78, 5) is 18.5. The van der Waals surface area contributed by atoms with Crippen molar-refractivity contribution in [2.45, 2.75) is 139 Å². The lowest BCUT2D eigenvalue weighted by molar-refractivity contribution is -0.379. The molecular weight excluding hydrogens is 904 g/mol. The summed E-state index contributed by atoms with van der Waals surface area (Å²) in [6, 6.07) is 0. The fourth-order valence-electron chi connectivity index (χ4n) is 2.77. The number of halogens is 24. The Hall–Kier alpha value is -3.46. The Kier molecular flexibility index (Phi) is 33.9. The third kappa shape index (κ3) is 32.3. The van der Waals surface area contributed by atoms with E-state index in [1.807, 2.05) is 26.0 Å². The van der Waals surface area contributed by atoms with Crippen LogP contribution in [0.1, 0.15) is 84.1 Å². The predicted molar refractivity (Wildman–Crippen MR) is 171 cm³/mol. The van der Waals surface area contributed by atoms with Crippen LogP contribution in [0.25, 0.3) is 0 Å². The summed E-state index contributed by atoms with van der Waals surface area (Å²) >= 11 is 0. The van der Waals surface area contributed by atoms with Crippen molar-refractivity contribution in [3.8, 4) is 0 Å². The fourth-order valence-corrected chi connectivity index (χ4v) is 2.77. The molecule has 0 aliphatic carbocycles. The largest absolute Gasteiger partial charge is 0.519 e. The van der Waals surface area contributed by atoms with Crippen molar-refractivity contribution in [2.75, 3.05) is 0 Å². The van der Waals surface area contributed by atoms with Crippen LogP contribution < -0.4 is 0 Å². The Morgan fingerprint density at radius 1 is 0.450 bits per heavy atom. The molecule has 0 saturated heterocycles. The van der Waals surface area contributed by atoms with Crippen LogP contribution in [-0.4, -0.2) is 77.0 Å². The van der Waals surface area contributed by atoms with Crippen LogP contribution in [0.15, 0.2) is 46.1 Å². The number of carbonyl (C=O) groups excluding carboxylic acids is 2. The first kappa shape index (κ1) is 74.0. The SMILES string of the molecule is C.C.C/C=C(\C)C(=C(C)C)C(F)(F)F.C/C=C\C.CC(C)=C(C)C(C)C(O)(C(F)(F)F)C(F)(F)F.O=C(C(F)(F)F)C(F)(F)F.O=C(C(F)(F)F)C(F)(F)F.OC(F)(F)F. The number of aliphatic hydroxyl groups is 2. The van der Waals surface area contributed by atoms with Gasteiger partial charge in [-0.1, -0.05) is 56.7 Å². The number of hydrogen-bond donors (Lipinski definition) is 2. The lowest BCUT2D eigenvalue weighted by atomic mass is 9.81. The van der Waals surface area contributed by atoms with E-state index in [9.17, 15) is 115 Å². The average molecular weight is 949 g/mol. The number of hydrogen-bond acceptors (Lipinski definition) is 4. The van der Waals surface area contributed by atoms with E-state index in [4.69, 9.17) is 10.2 Å². The number of rotatable bonds is 3. The lowest BCUT2D eigenvalue weighted by Gasteiger charge is -2.38. The minimum absolute atomic E-state index is 0. The number of carbonyl (C=O) groups is 2. The topological polar surface area (TPSA) is 74.6 Å². The van der Waals surface area contributed by atoms with Gasteiger partial charge in [-0.15, -0.1) is 13.2 Å². The summed E-state index contributed by atoms with van der Waals surface area (Å²) in [7, 11) is 0. The minimum atomic E-state index is -5.82. The molecule has 0 fully saturated rings. The molecule has 0 aromatic rings. The van der Waals surface area contributed by atoms with Crippen LogP contribution in [0.3, 0.4) is 0 Å². The normalized spacial score (nSPS) is 13.2. The summed E-state index contributed by atoms with van der Waals surface area (Å²) in [6.45, 7) is 14.6. The quantitative estimate of drug-likeness (QED) is 0.168. The Bertz CT molecular complexity index is 1260. The molecule has 364 valence electrons. The van der Waals surface area contributed by atoms with Crippen molar-refractivity contribution in [3.63, 3.8) is 0 Å². The molecule has 0 saturated carbocycles. The van der Waals surface area contributed by atoms with E-state index in [1.54, 1.807) is 6.92 Å². The highest BCUT2D eigenvalue weighted by Gasteiger charge is 2.73. The van der Waals surface area contributed by atoms with E-state index < -0.39 is 78.3 Å². The van der Waals surface area contributed by atoms with Crippen molar-refractivity contribution >= 4 is 11.6 Å². The maximum Gasteiger partial charge on any atom is 0.519 e. The van der Waals surface area contributed by atoms with Crippen LogP contribution >= 0.6 is 0 Å². The van der Waals surface area contributed by atoms with Gasteiger partial charge in [-0.2, -0.15) is 92.2 Å². The summed E-state index contributed by atoms with van der Waals surface area (Å²) in [5.41, 5.74) is -4.47. The van der Waals surface area contributed by atoms with Gasteiger partial charge in [0.1, 0.15) is 0 Å². The van der Waals surface area contributed by atoms with Gasteiger partial charge >= 0.3 is 61.2 Å². The first-order valence-electron chi connectivity index (χ1n) is 14.4. The molecule has 0 aliphatic heterocycles. The highest BCUT2D eigenvalue weighted by molar-refractivity contribution is 5.89. The predicted octanol–water partition coefficient (Wildman–Crippen LogP) is 14.4. The smallest absolute Gasteiger partial charge is 0.373 e.